The van der Waals surface area contributed by atoms with E-state index in [9.17, 15) is 4.79 Å². The maximum Gasteiger partial charge on any atom is 0.235 e. The SMILES string of the molecule is COc1ccc2c(c1)[C@]1(C[C@H]1C1CCC3C(C1)NNC3c1ccc(N3CCN(C(C)C)CC3)cc1)C(=O)N2. The lowest BCUT2D eigenvalue weighted by Gasteiger charge is -2.38. The van der Waals surface area contributed by atoms with Gasteiger partial charge in [-0.25, -0.2) is 5.43 Å². The third-order valence-electron chi connectivity index (χ3n) is 10.4. The zero-order valence-electron chi connectivity index (χ0n) is 22.9. The van der Waals surface area contributed by atoms with Crippen molar-refractivity contribution in [3.8, 4) is 5.75 Å². The van der Waals surface area contributed by atoms with E-state index < -0.39 is 0 Å². The highest BCUT2D eigenvalue weighted by molar-refractivity contribution is 6.09. The molecule has 2 aromatic rings. The lowest BCUT2D eigenvalue weighted by atomic mass is 9.72. The number of nitrogens with one attached hydrogen (secondary N) is 3. The smallest absolute Gasteiger partial charge is 0.235 e. The largest absolute Gasteiger partial charge is 0.497 e. The Morgan fingerprint density at radius 1 is 1.00 bits per heavy atom. The molecular formula is C31H41N5O2. The highest BCUT2D eigenvalue weighted by Crippen LogP contribution is 2.65. The first-order valence-corrected chi connectivity index (χ1v) is 14.6. The van der Waals surface area contributed by atoms with E-state index in [1.807, 2.05) is 12.1 Å². The summed E-state index contributed by atoms with van der Waals surface area (Å²) < 4.78 is 5.48. The van der Waals surface area contributed by atoms with Gasteiger partial charge in [-0.2, -0.15) is 0 Å². The maximum atomic E-state index is 13.1. The lowest BCUT2D eigenvalue weighted by Crippen LogP contribution is -2.48. The fourth-order valence-electron chi connectivity index (χ4n) is 8.09. The minimum Gasteiger partial charge on any atom is -0.497 e. The standard InChI is InChI=1S/C31H41N5O2/c1-19(2)35-12-14-36(15-13-35)22-7-4-20(5-8-22)29-24-10-6-21(16-28(24)33-34-29)26-18-31(26)25-17-23(38-3)9-11-27(25)32-30(31)37/h4-5,7-9,11,17,19,21,24,26,28-29,33-34H,6,10,12-16,18H2,1-3H3,(H,32,37)/t21?,24?,26-,28?,29?,31-/m0/s1. The van der Waals surface area contributed by atoms with Crippen LogP contribution in [0, 0.1) is 17.8 Å². The molecule has 4 unspecified atom stereocenters. The summed E-state index contributed by atoms with van der Waals surface area (Å²) >= 11 is 0. The lowest BCUT2D eigenvalue weighted by molar-refractivity contribution is -0.118. The number of methoxy groups -OCH3 is 1. The van der Waals surface area contributed by atoms with Crippen molar-refractivity contribution < 1.29 is 9.53 Å². The number of carbonyl (C=O) groups excluding carboxylic acids is 1. The number of amides is 1. The van der Waals surface area contributed by atoms with Crippen molar-refractivity contribution in [2.45, 2.75) is 63.1 Å². The number of piperazine rings is 1. The average Bonchev–Trinajstić information content (AvgIpc) is 3.47. The molecule has 7 nitrogen and oxygen atoms in total. The van der Waals surface area contributed by atoms with Crippen molar-refractivity contribution in [2.75, 3.05) is 43.5 Å². The first-order valence-electron chi connectivity index (χ1n) is 14.6. The number of fused-ring (bicyclic) bond motifs is 3. The summed E-state index contributed by atoms with van der Waals surface area (Å²) in [5.74, 6) is 2.61. The molecule has 7 rings (SSSR count). The van der Waals surface area contributed by atoms with E-state index >= 15 is 0 Å². The summed E-state index contributed by atoms with van der Waals surface area (Å²) in [7, 11) is 1.70. The van der Waals surface area contributed by atoms with Gasteiger partial charge in [0.15, 0.2) is 0 Å². The molecule has 3 aliphatic heterocycles. The molecule has 2 aliphatic carbocycles. The van der Waals surface area contributed by atoms with Crippen molar-refractivity contribution in [1.29, 1.82) is 0 Å². The molecule has 6 atom stereocenters. The van der Waals surface area contributed by atoms with Gasteiger partial charge >= 0.3 is 0 Å². The monoisotopic (exact) mass is 515 g/mol. The van der Waals surface area contributed by atoms with Crippen LogP contribution in [0.15, 0.2) is 42.5 Å². The van der Waals surface area contributed by atoms with Gasteiger partial charge in [0, 0.05) is 49.6 Å². The second kappa shape index (κ2) is 9.25. The quantitative estimate of drug-likeness (QED) is 0.558. The van der Waals surface area contributed by atoms with Gasteiger partial charge in [0.05, 0.1) is 18.6 Å². The van der Waals surface area contributed by atoms with Crippen molar-refractivity contribution in [1.82, 2.24) is 15.8 Å². The highest BCUT2D eigenvalue weighted by atomic mass is 16.5. The van der Waals surface area contributed by atoms with Crippen LogP contribution in [0.4, 0.5) is 11.4 Å². The molecule has 2 aromatic carbocycles. The van der Waals surface area contributed by atoms with E-state index in [-0.39, 0.29) is 11.3 Å². The molecule has 0 aromatic heterocycles. The summed E-state index contributed by atoms with van der Waals surface area (Å²) in [5.41, 5.74) is 11.8. The van der Waals surface area contributed by atoms with Gasteiger partial charge in [-0.15, -0.1) is 0 Å². The summed E-state index contributed by atoms with van der Waals surface area (Å²) in [4.78, 5) is 18.2. The number of carbonyl (C=O) groups is 1. The molecule has 5 aliphatic rings. The molecular weight excluding hydrogens is 474 g/mol. The minimum atomic E-state index is -0.344. The second-order valence-electron chi connectivity index (χ2n) is 12.5. The number of ether oxygens (including phenoxy) is 1. The van der Waals surface area contributed by atoms with Gasteiger partial charge in [-0.05, 0) is 98.7 Å². The number of benzene rings is 2. The van der Waals surface area contributed by atoms with Crippen molar-refractivity contribution >= 4 is 17.3 Å². The van der Waals surface area contributed by atoms with E-state index in [1.165, 1.54) is 24.1 Å². The third kappa shape index (κ3) is 3.85. The van der Waals surface area contributed by atoms with Gasteiger partial charge < -0.3 is 15.0 Å². The van der Waals surface area contributed by atoms with Gasteiger partial charge in [-0.1, -0.05) is 12.1 Å². The summed E-state index contributed by atoms with van der Waals surface area (Å²) in [5, 5.41) is 3.15. The first-order chi connectivity index (χ1) is 18.5. The van der Waals surface area contributed by atoms with Crippen molar-refractivity contribution in [3.63, 3.8) is 0 Å². The fourth-order valence-corrected chi connectivity index (χ4v) is 8.09. The predicted molar refractivity (Wildman–Crippen MR) is 150 cm³/mol. The van der Waals surface area contributed by atoms with Crippen LogP contribution in [0.25, 0.3) is 0 Å². The summed E-state index contributed by atoms with van der Waals surface area (Å²) in [6.07, 6.45) is 4.48. The second-order valence-corrected chi connectivity index (χ2v) is 12.5. The molecule has 38 heavy (non-hydrogen) atoms. The Morgan fingerprint density at radius 3 is 2.53 bits per heavy atom. The van der Waals surface area contributed by atoms with E-state index in [1.54, 1.807) is 7.11 Å². The van der Waals surface area contributed by atoms with Crippen LogP contribution in [-0.2, 0) is 10.2 Å². The predicted octanol–water partition coefficient (Wildman–Crippen LogP) is 4.07. The zero-order valence-corrected chi connectivity index (χ0v) is 22.9. The van der Waals surface area contributed by atoms with Gasteiger partial charge in [0.1, 0.15) is 5.75 Å². The van der Waals surface area contributed by atoms with Crippen LogP contribution < -0.4 is 25.8 Å². The Kier molecular flexibility index (Phi) is 5.95. The topological polar surface area (TPSA) is 68.9 Å². The van der Waals surface area contributed by atoms with Crippen LogP contribution in [0.5, 0.6) is 5.75 Å². The Balaban J connectivity index is 1.000. The minimum absolute atomic E-state index is 0.189. The Hall–Kier alpha value is -2.61. The third-order valence-corrected chi connectivity index (χ3v) is 10.4. The van der Waals surface area contributed by atoms with E-state index in [0.717, 1.165) is 56.0 Å². The Morgan fingerprint density at radius 2 is 1.79 bits per heavy atom. The van der Waals surface area contributed by atoms with Crippen molar-refractivity contribution in [3.05, 3.63) is 53.6 Å². The first kappa shape index (κ1) is 24.4. The van der Waals surface area contributed by atoms with Gasteiger partial charge in [0.25, 0.3) is 0 Å². The van der Waals surface area contributed by atoms with E-state index in [4.69, 9.17) is 4.74 Å². The molecule has 1 spiro atoms. The summed E-state index contributed by atoms with van der Waals surface area (Å²) in [6.45, 7) is 9.06. The molecule has 1 amide bonds. The van der Waals surface area contributed by atoms with Gasteiger partial charge in [0.2, 0.25) is 5.91 Å². The molecule has 2 saturated carbocycles. The van der Waals surface area contributed by atoms with Crippen LogP contribution in [0.3, 0.4) is 0 Å². The van der Waals surface area contributed by atoms with Crippen LogP contribution in [0.2, 0.25) is 0 Å². The number of hydrogen-bond acceptors (Lipinski definition) is 6. The molecule has 3 heterocycles. The normalized spacial score (nSPS) is 34.4. The van der Waals surface area contributed by atoms with Crippen LogP contribution in [-0.4, -0.2) is 56.2 Å². The fraction of sp³-hybridized carbons (Fsp3) is 0.581. The number of rotatable bonds is 5. The molecule has 3 N–H and O–H groups in total. The number of hydrazine groups is 1. The molecule has 7 heteroatoms. The molecule has 0 bridgehead atoms. The molecule has 0 radical (unpaired) electrons. The maximum absolute atomic E-state index is 13.1. The number of nitrogens with zero attached hydrogens (tertiary/aromatic N) is 2. The molecule has 4 fully saturated rings. The summed E-state index contributed by atoms with van der Waals surface area (Å²) in [6, 6.07) is 16.8. The van der Waals surface area contributed by atoms with E-state index in [2.05, 4.69) is 70.1 Å². The van der Waals surface area contributed by atoms with Crippen molar-refractivity contribution in [2.24, 2.45) is 17.8 Å². The van der Waals surface area contributed by atoms with E-state index in [0.29, 0.717) is 35.9 Å². The number of anilines is 2. The Labute approximate surface area is 226 Å². The van der Waals surface area contributed by atoms with Crippen LogP contribution in [0.1, 0.15) is 56.7 Å². The van der Waals surface area contributed by atoms with Gasteiger partial charge in [-0.3, -0.25) is 15.1 Å². The highest BCUT2D eigenvalue weighted by Gasteiger charge is 2.67. The Bertz CT molecular complexity index is 1210. The zero-order chi connectivity index (χ0) is 26.0. The average molecular weight is 516 g/mol. The molecule has 2 saturated heterocycles. The number of hydrogen-bond donors (Lipinski definition) is 3. The van der Waals surface area contributed by atoms with Crippen LogP contribution >= 0.6 is 0 Å². The molecule has 202 valence electrons.